The maximum Gasteiger partial charge on any atom is 0.160 e. The second kappa shape index (κ2) is 16.7. The van der Waals surface area contributed by atoms with Crippen molar-refractivity contribution in [2.45, 2.75) is 12.8 Å². The number of hydrogen-bond donors (Lipinski definition) is 0. The van der Waals surface area contributed by atoms with Crippen molar-refractivity contribution in [1.82, 2.24) is 9.97 Å². The number of benzene rings is 8. The Kier molecular flexibility index (Phi) is 10.2. The molecule has 1 aromatic heterocycles. The minimum atomic E-state index is 0.598. The van der Waals surface area contributed by atoms with Crippen molar-refractivity contribution in [3.63, 3.8) is 0 Å². The van der Waals surface area contributed by atoms with Gasteiger partial charge in [-0.2, -0.15) is 10.5 Å². The Morgan fingerprint density at radius 1 is 0.387 bits per heavy atom. The van der Waals surface area contributed by atoms with Gasteiger partial charge in [-0.05, 0) is 110 Å². The maximum absolute atomic E-state index is 9.90. The van der Waals surface area contributed by atoms with Crippen LogP contribution in [0.25, 0.3) is 94.8 Å². The predicted octanol–water partition coefficient (Wildman–Crippen LogP) is 14.8. The monoisotopic (exact) mass is 790 g/mol. The molecule has 0 atom stereocenters. The van der Waals surface area contributed by atoms with Crippen LogP contribution in [0.1, 0.15) is 29.5 Å². The van der Waals surface area contributed by atoms with Gasteiger partial charge in [-0.1, -0.05) is 170 Å². The van der Waals surface area contributed by atoms with Crippen LogP contribution >= 0.6 is 0 Å². The van der Waals surface area contributed by atoms with Gasteiger partial charge >= 0.3 is 0 Å². The number of hydrogen-bond acceptors (Lipinski definition) is 4. The highest BCUT2D eigenvalue weighted by Gasteiger charge is 2.19. The molecule has 10 rings (SSSR count). The zero-order chi connectivity index (χ0) is 41.8. The van der Waals surface area contributed by atoms with E-state index in [2.05, 4.69) is 140 Å². The Balaban J connectivity index is 1.21. The molecule has 0 saturated carbocycles. The van der Waals surface area contributed by atoms with Crippen LogP contribution in [0, 0.1) is 22.7 Å². The smallest absolute Gasteiger partial charge is 0.160 e. The Labute approximate surface area is 361 Å². The van der Waals surface area contributed by atoms with Gasteiger partial charge in [0.2, 0.25) is 0 Å². The summed E-state index contributed by atoms with van der Waals surface area (Å²) in [4.78, 5) is 10.9. The summed E-state index contributed by atoms with van der Waals surface area (Å²) in [6.07, 6.45) is 8.87. The van der Waals surface area contributed by atoms with Crippen LogP contribution < -0.4 is 0 Å². The summed E-state index contributed by atoms with van der Waals surface area (Å²) < 4.78 is 0. The van der Waals surface area contributed by atoms with E-state index in [0.717, 1.165) is 96.2 Å². The quantitative estimate of drug-likeness (QED) is 0.154. The molecule has 0 unspecified atom stereocenters. The summed E-state index contributed by atoms with van der Waals surface area (Å²) >= 11 is 0. The molecule has 9 aromatic rings. The fraction of sp³-hybridized carbons (Fsp3) is 0.0345. The highest BCUT2D eigenvalue weighted by Crippen LogP contribution is 2.41. The molecule has 0 amide bonds. The number of nitrogens with zero attached hydrogens (tertiary/aromatic N) is 4. The number of fused-ring (bicyclic) bond motifs is 1. The highest BCUT2D eigenvalue weighted by molar-refractivity contribution is 6.05. The van der Waals surface area contributed by atoms with Gasteiger partial charge in [-0.3, -0.25) is 0 Å². The summed E-state index contributed by atoms with van der Waals surface area (Å²) in [6.45, 7) is 0. The molecule has 290 valence electrons. The molecule has 4 nitrogen and oxygen atoms in total. The molecule has 62 heavy (non-hydrogen) atoms. The van der Waals surface area contributed by atoms with Crippen LogP contribution in [0.15, 0.2) is 206 Å². The Bertz CT molecular complexity index is 3290. The fourth-order valence-electron chi connectivity index (χ4n) is 8.44. The zero-order valence-electron chi connectivity index (χ0n) is 33.8. The van der Waals surface area contributed by atoms with Gasteiger partial charge in [0.1, 0.15) is 0 Å². The summed E-state index contributed by atoms with van der Waals surface area (Å²) in [5.74, 6) is 0.598. The molecule has 1 aliphatic rings. The molecule has 0 saturated heterocycles. The fourth-order valence-corrected chi connectivity index (χ4v) is 8.44. The van der Waals surface area contributed by atoms with E-state index in [4.69, 9.17) is 9.97 Å². The van der Waals surface area contributed by atoms with Gasteiger partial charge in [0.15, 0.2) is 5.82 Å². The van der Waals surface area contributed by atoms with Crippen molar-refractivity contribution in [2.24, 2.45) is 0 Å². The molecule has 0 fully saturated rings. The molecule has 8 aromatic carbocycles. The average Bonchev–Trinajstić information content (AvgIpc) is 3.36. The van der Waals surface area contributed by atoms with Crippen LogP contribution in [0.2, 0.25) is 0 Å². The van der Waals surface area contributed by atoms with E-state index >= 15 is 0 Å². The highest BCUT2D eigenvalue weighted by atomic mass is 14.9. The summed E-state index contributed by atoms with van der Waals surface area (Å²) in [5.41, 5.74) is 17.3. The summed E-state index contributed by atoms with van der Waals surface area (Å²) in [7, 11) is 0. The second-order valence-corrected chi connectivity index (χ2v) is 15.5. The summed E-state index contributed by atoms with van der Waals surface area (Å²) in [5, 5.41) is 20.7. The Morgan fingerprint density at radius 2 is 0.935 bits per heavy atom. The van der Waals surface area contributed by atoms with Crippen molar-refractivity contribution in [2.75, 3.05) is 0 Å². The molecule has 0 aliphatic heterocycles. The lowest BCUT2D eigenvalue weighted by Crippen LogP contribution is -1.98. The third kappa shape index (κ3) is 7.39. The number of rotatable bonds is 8. The molecule has 4 heteroatoms. The van der Waals surface area contributed by atoms with E-state index < -0.39 is 0 Å². The van der Waals surface area contributed by atoms with Gasteiger partial charge in [0.25, 0.3) is 0 Å². The normalized spacial score (nSPS) is 12.1. The lowest BCUT2D eigenvalue weighted by molar-refractivity contribution is 1.04. The van der Waals surface area contributed by atoms with Gasteiger partial charge in [-0.15, -0.1) is 0 Å². The number of allylic oxidation sites excluding steroid dienone is 4. The third-order valence-electron chi connectivity index (χ3n) is 11.6. The largest absolute Gasteiger partial charge is 0.227 e. The second-order valence-electron chi connectivity index (χ2n) is 15.5. The van der Waals surface area contributed by atoms with E-state index in [9.17, 15) is 10.5 Å². The van der Waals surface area contributed by atoms with E-state index in [0.29, 0.717) is 17.0 Å². The van der Waals surface area contributed by atoms with Crippen molar-refractivity contribution in [3.05, 3.63) is 223 Å². The third-order valence-corrected chi connectivity index (χ3v) is 11.6. The van der Waals surface area contributed by atoms with Crippen molar-refractivity contribution in [1.29, 1.82) is 10.5 Å². The van der Waals surface area contributed by atoms with Crippen LogP contribution in [0.5, 0.6) is 0 Å². The van der Waals surface area contributed by atoms with Crippen LogP contribution in [0.4, 0.5) is 0 Å². The molecule has 0 spiro atoms. The van der Waals surface area contributed by atoms with Gasteiger partial charge in [0.05, 0.1) is 34.5 Å². The molecule has 0 bridgehead atoms. The number of aromatic nitrogens is 2. The SMILES string of the molecule is N#Cc1ccccc1-c1ccc(-c2nc(-c3ccc(-c4ccccc4C#N)cc3)c3cc(-c4cccc(-c5ccccc5)c4)cc(-c4cccc(C5=CCCC=C5)c4)c3n2)cc1. The van der Waals surface area contributed by atoms with Crippen molar-refractivity contribution < 1.29 is 0 Å². The van der Waals surface area contributed by atoms with Gasteiger partial charge < -0.3 is 0 Å². The van der Waals surface area contributed by atoms with Crippen molar-refractivity contribution in [3.8, 4) is 90.4 Å². The predicted molar refractivity (Wildman–Crippen MR) is 253 cm³/mol. The van der Waals surface area contributed by atoms with Crippen molar-refractivity contribution >= 4 is 16.5 Å². The maximum atomic E-state index is 9.90. The lowest BCUT2D eigenvalue weighted by atomic mass is 9.90. The topological polar surface area (TPSA) is 73.4 Å². The van der Waals surface area contributed by atoms with Gasteiger partial charge in [0, 0.05) is 22.1 Å². The van der Waals surface area contributed by atoms with Crippen LogP contribution in [-0.2, 0) is 0 Å². The van der Waals surface area contributed by atoms with Crippen LogP contribution in [-0.4, -0.2) is 9.97 Å². The van der Waals surface area contributed by atoms with Crippen LogP contribution in [0.3, 0.4) is 0 Å². The molecule has 0 radical (unpaired) electrons. The zero-order valence-corrected chi connectivity index (χ0v) is 33.8. The average molecular weight is 791 g/mol. The molecule has 1 aliphatic carbocycles. The minimum Gasteiger partial charge on any atom is -0.227 e. The first-order chi connectivity index (χ1) is 30.6. The van der Waals surface area contributed by atoms with E-state index in [1.807, 2.05) is 78.9 Å². The first-order valence-corrected chi connectivity index (χ1v) is 20.8. The van der Waals surface area contributed by atoms with E-state index in [1.54, 1.807) is 0 Å². The minimum absolute atomic E-state index is 0.598. The lowest BCUT2D eigenvalue weighted by Gasteiger charge is -2.17. The van der Waals surface area contributed by atoms with E-state index in [1.165, 1.54) is 11.1 Å². The molecule has 1 heterocycles. The summed E-state index contributed by atoms with van der Waals surface area (Å²) in [6, 6.07) is 69.1. The first-order valence-electron chi connectivity index (χ1n) is 20.8. The number of nitriles is 2. The first kappa shape index (κ1) is 37.8. The molecule has 0 N–H and O–H groups in total. The standard InChI is InChI=1S/C58H38N4/c59-37-49-17-7-9-23-52(49)41-25-29-43(30-26-41)56-55-36-51(47-21-11-19-45(33-47)39-13-3-1-4-14-39)35-54(48-22-12-20-46(34-48)40-15-5-2-6-16-40)57(55)62-58(61-56)44-31-27-42(28-32-44)53-24-10-8-18-50(53)38-60/h1,3-5,7-36H,2,6H2. The van der Waals surface area contributed by atoms with Gasteiger partial charge in [-0.25, -0.2) is 9.97 Å². The molecular formula is C58H38N4. The molecular weight excluding hydrogens is 753 g/mol. The Hall–Kier alpha value is -8.44. The van der Waals surface area contributed by atoms with E-state index in [-0.39, 0.29) is 0 Å². The Morgan fingerprint density at radius 3 is 1.58 bits per heavy atom.